The second-order valence-electron chi connectivity index (χ2n) is 16.0. The Morgan fingerprint density at radius 2 is 0.786 bits per heavy atom. The lowest BCUT2D eigenvalue weighted by Crippen LogP contribution is -2.30. The fourth-order valence-corrected chi connectivity index (χ4v) is 10.3. The number of rotatable bonds is 10. The minimum atomic E-state index is -4.71. The fraction of sp³-hybridized carbons (Fsp3) is 0.200. The zero-order valence-corrected chi connectivity index (χ0v) is 38.1. The summed E-state index contributed by atoms with van der Waals surface area (Å²) in [5.41, 5.74) is -1.65. The molecule has 0 spiro atoms. The average molecular weight is 1010 g/mol. The molecular weight excluding hydrogens is 967 g/mol. The van der Waals surface area contributed by atoms with Crippen molar-refractivity contribution in [1.82, 2.24) is 9.44 Å². The van der Waals surface area contributed by atoms with E-state index in [1.165, 1.54) is 84.9 Å². The van der Waals surface area contributed by atoms with Crippen molar-refractivity contribution in [2.24, 2.45) is 0 Å². The molecule has 0 saturated carbocycles. The van der Waals surface area contributed by atoms with Crippen LogP contribution in [0.5, 0.6) is 23.0 Å². The smallest absolute Gasteiger partial charge is 0.416 e. The van der Waals surface area contributed by atoms with Gasteiger partial charge in [0.15, 0.2) is 23.0 Å². The van der Waals surface area contributed by atoms with Crippen LogP contribution in [0.2, 0.25) is 0 Å². The first-order valence-corrected chi connectivity index (χ1v) is 24.5. The van der Waals surface area contributed by atoms with Gasteiger partial charge in [-0.1, -0.05) is 72.8 Å². The summed E-state index contributed by atoms with van der Waals surface area (Å²) in [4.78, 5) is -0.347. The molecule has 0 radical (unpaired) electrons. The third-order valence-electron chi connectivity index (χ3n) is 11.2. The molecule has 6 aromatic carbocycles. The second-order valence-corrected chi connectivity index (χ2v) is 19.4. The predicted molar refractivity (Wildman–Crippen MR) is 244 cm³/mol. The summed E-state index contributed by atoms with van der Waals surface area (Å²) in [6, 6.07) is 31.7. The lowest BCUT2D eigenvalue weighted by Gasteiger charge is -2.21. The normalized spacial score (nSPS) is 15.1. The summed E-state index contributed by atoms with van der Waals surface area (Å²) in [6.45, 7) is 1.56. The first-order chi connectivity index (χ1) is 33.4. The number of sulfonamides is 2. The van der Waals surface area contributed by atoms with Crippen LogP contribution in [-0.2, 0) is 32.4 Å². The Labute approximate surface area is 396 Å². The zero-order chi connectivity index (χ0) is 49.3. The van der Waals surface area contributed by atoms with E-state index in [0.717, 1.165) is 12.1 Å². The van der Waals surface area contributed by atoms with Gasteiger partial charge in [0, 0.05) is 35.7 Å². The quantitative estimate of drug-likeness (QED) is 0.126. The molecule has 70 heavy (non-hydrogen) atoms. The molecule has 0 bridgehead atoms. The van der Waals surface area contributed by atoms with E-state index in [0.29, 0.717) is 72.7 Å². The molecule has 0 fully saturated rings. The Morgan fingerprint density at radius 3 is 1.17 bits per heavy atom. The molecule has 0 amide bonds. The van der Waals surface area contributed by atoms with Crippen molar-refractivity contribution in [3.8, 4) is 23.0 Å². The summed E-state index contributed by atoms with van der Waals surface area (Å²) in [7, 11) is -8.63. The molecule has 364 valence electrons. The van der Waals surface area contributed by atoms with Gasteiger partial charge in [-0.2, -0.15) is 35.8 Å². The number of para-hydroxylation sites is 2. The van der Waals surface area contributed by atoms with Gasteiger partial charge in [0.2, 0.25) is 20.0 Å². The zero-order valence-electron chi connectivity index (χ0n) is 36.4. The summed E-state index contributed by atoms with van der Waals surface area (Å²) in [5, 5.41) is 1.26. The van der Waals surface area contributed by atoms with Crippen LogP contribution in [0.1, 0.15) is 58.7 Å². The van der Waals surface area contributed by atoms with E-state index < -0.39 is 55.6 Å². The van der Waals surface area contributed by atoms with Crippen molar-refractivity contribution in [2.75, 3.05) is 26.4 Å². The molecule has 2 aliphatic heterocycles. The molecule has 2 aliphatic rings. The molecule has 2 N–H and O–H groups in total. The van der Waals surface area contributed by atoms with Crippen molar-refractivity contribution in [3.63, 3.8) is 0 Å². The highest BCUT2D eigenvalue weighted by atomic mass is 32.2. The molecule has 4 heterocycles. The van der Waals surface area contributed by atoms with E-state index in [2.05, 4.69) is 9.44 Å². The van der Waals surface area contributed by atoms with Gasteiger partial charge in [-0.25, -0.2) is 16.8 Å². The van der Waals surface area contributed by atoms with Crippen LogP contribution in [0.15, 0.2) is 164 Å². The number of hydrogen-bond acceptors (Lipinski definition) is 10. The van der Waals surface area contributed by atoms with E-state index >= 15 is 0 Å². The lowest BCUT2D eigenvalue weighted by molar-refractivity contribution is -0.139. The van der Waals surface area contributed by atoms with Crippen LogP contribution in [0, 0.1) is 0 Å². The Bertz CT molecular complexity index is 3120. The number of fused-ring (bicyclic) bond motifs is 4. The molecule has 2 aromatic heterocycles. The highest BCUT2D eigenvalue weighted by molar-refractivity contribution is 7.89. The molecule has 0 unspecified atom stereocenters. The molecule has 12 nitrogen and oxygen atoms in total. The predicted octanol–water partition coefficient (Wildman–Crippen LogP) is 11.4. The number of nitrogens with one attached hydrogen (secondary N) is 2. The van der Waals surface area contributed by atoms with Gasteiger partial charge in [-0.15, -0.1) is 0 Å². The molecule has 0 aliphatic carbocycles. The maximum atomic E-state index is 13.9. The van der Waals surface area contributed by atoms with Gasteiger partial charge in [-0.05, 0) is 71.8 Å². The van der Waals surface area contributed by atoms with E-state index in [1.807, 2.05) is 0 Å². The highest BCUT2D eigenvalue weighted by Crippen LogP contribution is 2.41. The van der Waals surface area contributed by atoms with Crippen LogP contribution in [0.25, 0.3) is 21.9 Å². The van der Waals surface area contributed by atoms with Gasteiger partial charge >= 0.3 is 12.4 Å². The third-order valence-corrected chi connectivity index (χ3v) is 14.1. The highest BCUT2D eigenvalue weighted by Gasteiger charge is 2.39. The fourth-order valence-electron chi connectivity index (χ4n) is 7.92. The molecule has 8 aromatic rings. The number of halogens is 6. The Balaban J connectivity index is 0.000000174. The van der Waals surface area contributed by atoms with E-state index in [-0.39, 0.29) is 43.9 Å². The number of alkyl halides is 6. The van der Waals surface area contributed by atoms with Crippen molar-refractivity contribution < 1.29 is 71.0 Å². The summed E-state index contributed by atoms with van der Waals surface area (Å²) < 4.78 is 176. The minimum absolute atomic E-state index is 0.0285. The molecular formula is C50H40F6N2O10S2. The first-order valence-electron chi connectivity index (χ1n) is 21.6. The van der Waals surface area contributed by atoms with Crippen LogP contribution in [0.3, 0.4) is 0 Å². The lowest BCUT2D eigenvalue weighted by atomic mass is 9.98. The second kappa shape index (κ2) is 19.4. The number of benzene rings is 6. The van der Waals surface area contributed by atoms with Gasteiger partial charge in [0.25, 0.3) is 0 Å². The van der Waals surface area contributed by atoms with Crippen LogP contribution < -0.4 is 28.4 Å². The largest absolute Gasteiger partial charge is 0.490 e. The summed E-state index contributed by atoms with van der Waals surface area (Å²) >= 11 is 0. The average Bonchev–Trinajstić information content (AvgIpc) is 3.80. The third kappa shape index (κ3) is 10.4. The van der Waals surface area contributed by atoms with Crippen molar-refractivity contribution in [2.45, 2.75) is 47.1 Å². The van der Waals surface area contributed by atoms with Crippen molar-refractivity contribution in [3.05, 3.63) is 179 Å². The van der Waals surface area contributed by atoms with E-state index in [4.69, 9.17) is 27.8 Å². The maximum absolute atomic E-state index is 13.9. The van der Waals surface area contributed by atoms with Gasteiger partial charge < -0.3 is 27.8 Å². The first kappa shape index (κ1) is 48.0. The Kier molecular flexibility index (Phi) is 13.3. The van der Waals surface area contributed by atoms with Crippen molar-refractivity contribution in [1.29, 1.82) is 0 Å². The molecule has 0 saturated heterocycles. The van der Waals surface area contributed by atoms with Gasteiger partial charge in [-0.3, -0.25) is 0 Å². The topological polar surface area (TPSA) is 156 Å². The number of ether oxygens (including phenoxy) is 4. The van der Waals surface area contributed by atoms with Crippen LogP contribution >= 0.6 is 0 Å². The van der Waals surface area contributed by atoms with Gasteiger partial charge in [0.05, 0.1) is 47.3 Å². The Morgan fingerprint density at radius 1 is 0.429 bits per heavy atom. The standard InChI is InChI=1S/2C25H20F3NO5S/c2*26-25(27,28)19-8-3-2-7-18(19)24(23-14-16-6-1-4-9-20(16)34-23)29-35(30,31)17-10-11-21-22(15-17)33-13-5-12-32-21/h2*1-4,6-11,14-15,24,29H,5,12-13H2/t2*24-/m10/s1. The monoisotopic (exact) mass is 1010 g/mol. The maximum Gasteiger partial charge on any atom is 0.416 e. The molecule has 10 rings (SSSR count). The number of furan rings is 2. The molecule has 20 heteroatoms. The SMILES string of the molecule is O=S(=O)(N[C@@H](c1cc2ccccc2o1)c1ccccc1C(F)(F)F)c1ccc2c(c1)OCCCO2.O=S(=O)(N[C@H](c1cc2ccccc2o1)c1ccccc1C(F)(F)F)c1ccc2c(c1)OCCCO2. The van der Waals surface area contributed by atoms with Crippen LogP contribution in [-0.4, -0.2) is 43.3 Å². The van der Waals surface area contributed by atoms with E-state index in [9.17, 15) is 43.2 Å². The summed E-state index contributed by atoms with van der Waals surface area (Å²) in [5.74, 6) is 1.36. The van der Waals surface area contributed by atoms with Crippen LogP contribution in [0.4, 0.5) is 26.3 Å². The van der Waals surface area contributed by atoms with Crippen molar-refractivity contribution >= 4 is 42.0 Å². The molecule has 2 atom stereocenters. The van der Waals surface area contributed by atoms with E-state index in [1.54, 1.807) is 48.5 Å². The Hall–Kier alpha value is -7.00. The summed E-state index contributed by atoms with van der Waals surface area (Å²) in [6.07, 6.45) is -8.14. The number of hydrogen-bond donors (Lipinski definition) is 2. The minimum Gasteiger partial charge on any atom is -0.490 e. The van der Waals surface area contributed by atoms with Gasteiger partial charge in [0.1, 0.15) is 34.8 Å².